The summed E-state index contributed by atoms with van der Waals surface area (Å²) in [5.41, 5.74) is 1.15. The van der Waals surface area contributed by atoms with Crippen LogP contribution in [0.5, 0.6) is 0 Å². The number of aromatic nitrogens is 2. The number of halogens is 1. The lowest BCUT2D eigenvalue weighted by atomic mass is 10.1. The minimum absolute atomic E-state index is 0.602. The van der Waals surface area contributed by atoms with Crippen molar-refractivity contribution in [2.45, 2.75) is 33.1 Å². The Balaban J connectivity index is 2.90. The molecule has 0 aromatic carbocycles. The van der Waals surface area contributed by atoms with Crippen molar-refractivity contribution in [1.29, 1.82) is 0 Å². The van der Waals surface area contributed by atoms with Crippen molar-refractivity contribution in [3.05, 3.63) is 15.1 Å². The van der Waals surface area contributed by atoms with Crippen LogP contribution in [0.1, 0.15) is 31.8 Å². The van der Waals surface area contributed by atoms with Gasteiger partial charge in [0.2, 0.25) is 0 Å². The lowest BCUT2D eigenvalue weighted by Crippen LogP contribution is -2.10. The Hall–Kier alpha value is -0.430. The molecular weight excluding hydrogens is 341 g/mol. The van der Waals surface area contributed by atoms with Crippen LogP contribution in [0, 0.1) is 9.49 Å². The number of anilines is 1. The zero-order chi connectivity index (χ0) is 13.5. The highest BCUT2D eigenvalue weighted by Gasteiger charge is 2.12. The van der Waals surface area contributed by atoms with Gasteiger partial charge in [0.15, 0.2) is 0 Å². The Bertz CT molecular complexity index is 383. The third-order valence-corrected chi connectivity index (χ3v) is 3.69. The number of rotatable bonds is 7. The molecule has 102 valence electrons. The standard InChI is InChI=1S/C13H22IN3O/c1-9(2)8-10-12(14)13(15-3)17-11(16-10)6-5-7-18-4/h9H,5-8H2,1-4H3,(H,15,16,17). The van der Waals surface area contributed by atoms with Crippen LogP contribution in [0.25, 0.3) is 0 Å². The lowest BCUT2D eigenvalue weighted by molar-refractivity contribution is 0.194. The molecule has 0 spiro atoms. The van der Waals surface area contributed by atoms with E-state index in [4.69, 9.17) is 4.74 Å². The monoisotopic (exact) mass is 363 g/mol. The summed E-state index contributed by atoms with van der Waals surface area (Å²) in [5, 5.41) is 3.15. The molecule has 0 fully saturated rings. The SMILES string of the molecule is CNc1nc(CCCOC)nc(CC(C)C)c1I. The van der Waals surface area contributed by atoms with Crippen molar-refractivity contribution in [2.75, 3.05) is 26.1 Å². The summed E-state index contributed by atoms with van der Waals surface area (Å²) in [7, 11) is 3.63. The highest BCUT2D eigenvalue weighted by atomic mass is 127. The van der Waals surface area contributed by atoms with E-state index in [-0.39, 0.29) is 0 Å². The fraction of sp³-hybridized carbons (Fsp3) is 0.692. The molecule has 1 heterocycles. The predicted molar refractivity (Wildman–Crippen MR) is 83.0 cm³/mol. The minimum atomic E-state index is 0.602. The Labute approximate surface area is 123 Å². The van der Waals surface area contributed by atoms with Gasteiger partial charge in [0.1, 0.15) is 11.6 Å². The molecule has 1 aromatic heterocycles. The maximum atomic E-state index is 5.07. The zero-order valence-corrected chi connectivity index (χ0v) is 13.7. The molecule has 18 heavy (non-hydrogen) atoms. The van der Waals surface area contributed by atoms with Gasteiger partial charge < -0.3 is 10.1 Å². The van der Waals surface area contributed by atoms with Gasteiger partial charge in [-0.25, -0.2) is 9.97 Å². The summed E-state index contributed by atoms with van der Waals surface area (Å²) in [6, 6.07) is 0. The van der Waals surface area contributed by atoms with Gasteiger partial charge in [-0.3, -0.25) is 0 Å². The molecule has 4 nitrogen and oxygen atoms in total. The van der Waals surface area contributed by atoms with Gasteiger partial charge in [-0.2, -0.15) is 0 Å². The smallest absolute Gasteiger partial charge is 0.143 e. The van der Waals surface area contributed by atoms with E-state index >= 15 is 0 Å². The number of nitrogens with one attached hydrogen (secondary N) is 1. The fourth-order valence-corrected chi connectivity index (χ4v) is 2.45. The number of hydrogen-bond donors (Lipinski definition) is 1. The topological polar surface area (TPSA) is 47.0 Å². The van der Waals surface area contributed by atoms with Crippen LogP contribution in [0.2, 0.25) is 0 Å². The summed E-state index contributed by atoms with van der Waals surface area (Å²) >= 11 is 2.32. The Kier molecular flexibility index (Phi) is 6.85. The molecule has 0 saturated carbocycles. The molecule has 0 atom stereocenters. The van der Waals surface area contributed by atoms with Gasteiger partial charge in [-0.05, 0) is 41.4 Å². The summed E-state index contributed by atoms with van der Waals surface area (Å²) in [6.07, 6.45) is 2.82. The van der Waals surface area contributed by atoms with Crippen molar-refractivity contribution < 1.29 is 4.74 Å². The molecule has 0 unspecified atom stereocenters. The average molecular weight is 363 g/mol. The second kappa shape index (κ2) is 7.89. The first kappa shape index (κ1) is 15.6. The van der Waals surface area contributed by atoms with E-state index in [2.05, 4.69) is 51.7 Å². The molecule has 0 bridgehead atoms. The predicted octanol–water partition coefficient (Wildman–Crippen LogP) is 2.90. The molecule has 5 heteroatoms. The molecule has 1 aromatic rings. The maximum absolute atomic E-state index is 5.07. The molecular formula is C13H22IN3O. The van der Waals surface area contributed by atoms with Crippen molar-refractivity contribution in [1.82, 2.24) is 9.97 Å². The zero-order valence-electron chi connectivity index (χ0n) is 11.6. The number of ether oxygens (including phenoxy) is 1. The number of hydrogen-bond acceptors (Lipinski definition) is 4. The van der Waals surface area contributed by atoms with Crippen molar-refractivity contribution in [3.8, 4) is 0 Å². The molecule has 0 radical (unpaired) electrons. The molecule has 0 aliphatic heterocycles. The van der Waals surface area contributed by atoms with E-state index in [1.54, 1.807) is 7.11 Å². The number of methoxy groups -OCH3 is 1. The summed E-state index contributed by atoms with van der Waals surface area (Å²) in [4.78, 5) is 9.22. The quantitative estimate of drug-likeness (QED) is 0.598. The highest BCUT2D eigenvalue weighted by molar-refractivity contribution is 14.1. The second-order valence-corrected chi connectivity index (χ2v) is 5.77. The van der Waals surface area contributed by atoms with Crippen molar-refractivity contribution in [3.63, 3.8) is 0 Å². The fourth-order valence-electron chi connectivity index (χ4n) is 1.72. The van der Waals surface area contributed by atoms with E-state index in [1.165, 1.54) is 0 Å². The van der Waals surface area contributed by atoms with Crippen LogP contribution in [-0.2, 0) is 17.6 Å². The second-order valence-electron chi connectivity index (χ2n) is 4.69. The van der Waals surface area contributed by atoms with E-state index in [1.807, 2.05) is 7.05 Å². The van der Waals surface area contributed by atoms with Gasteiger partial charge in [-0.15, -0.1) is 0 Å². The van der Waals surface area contributed by atoms with E-state index in [0.717, 1.165) is 46.8 Å². The highest BCUT2D eigenvalue weighted by Crippen LogP contribution is 2.21. The maximum Gasteiger partial charge on any atom is 0.143 e. The molecule has 1 N–H and O–H groups in total. The Morgan fingerprint density at radius 2 is 2.06 bits per heavy atom. The van der Waals surface area contributed by atoms with Crippen LogP contribution >= 0.6 is 22.6 Å². The van der Waals surface area contributed by atoms with Gasteiger partial charge in [0.25, 0.3) is 0 Å². The molecule has 0 aliphatic carbocycles. The Morgan fingerprint density at radius 3 is 2.61 bits per heavy atom. The van der Waals surface area contributed by atoms with Crippen molar-refractivity contribution in [2.24, 2.45) is 5.92 Å². The normalized spacial score (nSPS) is 11.0. The average Bonchev–Trinajstić information content (AvgIpc) is 2.32. The van der Waals surface area contributed by atoms with Crippen molar-refractivity contribution >= 4 is 28.4 Å². The number of nitrogens with zero attached hydrogens (tertiary/aromatic N) is 2. The van der Waals surface area contributed by atoms with E-state index < -0.39 is 0 Å². The largest absolute Gasteiger partial charge is 0.385 e. The molecule has 0 aliphatic rings. The van der Waals surface area contributed by atoms with Crippen LogP contribution in [0.4, 0.5) is 5.82 Å². The third-order valence-electron chi connectivity index (χ3n) is 2.55. The van der Waals surface area contributed by atoms with Crippen LogP contribution in [0.3, 0.4) is 0 Å². The Morgan fingerprint density at radius 1 is 1.33 bits per heavy atom. The third kappa shape index (κ3) is 4.68. The summed E-state index contributed by atoms with van der Waals surface area (Å²) < 4.78 is 6.20. The minimum Gasteiger partial charge on any atom is -0.385 e. The van der Waals surface area contributed by atoms with Gasteiger partial charge in [-0.1, -0.05) is 13.8 Å². The molecule has 1 rings (SSSR count). The van der Waals surface area contributed by atoms with E-state index in [0.29, 0.717) is 5.92 Å². The lowest BCUT2D eigenvalue weighted by Gasteiger charge is -2.12. The summed E-state index contributed by atoms with van der Waals surface area (Å²) in [5.74, 6) is 2.45. The first-order valence-electron chi connectivity index (χ1n) is 6.30. The van der Waals surface area contributed by atoms with Crippen LogP contribution in [-0.4, -0.2) is 30.7 Å². The van der Waals surface area contributed by atoms with Crippen LogP contribution in [0.15, 0.2) is 0 Å². The molecule has 0 amide bonds. The van der Waals surface area contributed by atoms with Gasteiger partial charge in [0.05, 0.1) is 9.26 Å². The first-order chi connectivity index (χ1) is 8.58. The molecule has 0 saturated heterocycles. The van der Waals surface area contributed by atoms with E-state index in [9.17, 15) is 0 Å². The van der Waals surface area contributed by atoms with Gasteiger partial charge >= 0.3 is 0 Å². The first-order valence-corrected chi connectivity index (χ1v) is 7.38. The van der Waals surface area contributed by atoms with Gasteiger partial charge in [0, 0.05) is 27.2 Å². The van der Waals surface area contributed by atoms with Crippen LogP contribution < -0.4 is 5.32 Å². The summed E-state index contributed by atoms with van der Waals surface area (Å²) in [6.45, 7) is 5.17. The number of aryl methyl sites for hydroxylation is 1.